The van der Waals surface area contributed by atoms with Crippen molar-refractivity contribution in [2.45, 2.75) is 18.9 Å². The summed E-state index contributed by atoms with van der Waals surface area (Å²) in [5.74, 6) is 0.479. The van der Waals surface area contributed by atoms with Gasteiger partial charge in [0.15, 0.2) is 0 Å². The van der Waals surface area contributed by atoms with Crippen molar-refractivity contribution in [1.82, 2.24) is 5.32 Å². The second kappa shape index (κ2) is 5.66. The van der Waals surface area contributed by atoms with E-state index in [1.807, 2.05) is 0 Å². The Bertz CT molecular complexity index is 470. The molecule has 0 saturated heterocycles. The van der Waals surface area contributed by atoms with Crippen molar-refractivity contribution in [1.29, 1.82) is 0 Å². The number of benzene rings is 1. The number of amides is 2. The summed E-state index contributed by atoms with van der Waals surface area (Å²) in [5, 5.41) is 15.9. The van der Waals surface area contributed by atoms with Crippen molar-refractivity contribution < 1.29 is 9.72 Å². The minimum atomic E-state index is -0.485. The smallest absolute Gasteiger partial charge is 0.319 e. The third kappa shape index (κ3) is 3.65. The summed E-state index contributed by atoms with van der Waals surface area (Å²) in [7, 11) is 0. The van der Waals surface area contributed by atoms with Gasteiger partial charge in [-0.25, -0.2) is 4.79 Å². The second-order valence-electron chi connectivity index (χ2n) is 4.58. The number of carbonyl (C=O) groups is 1. The number of nitro groups is 1. The number of hydrogen-bond donors (Lipinski definition) is 3. The fourth-order valence-electron chi connectivity index (χ4n) is 1.87. The second-order valence-corrected chi connectivity index (χ2v) is 4.58. The van der Waals surface area contributed by atoms with Gasteiger partial charge in [0.1, 0.15) is 0 Å². The highest BCUT2D eigenvalue weighted by Gasteiger charge is 2.31. The Labute approximate surface area is 110 Å². The molecule has 1 saturated carbocycles. The quantitative estimate of drug-likeness (QED) is 0.552. The molecule has 0 bridgehead atoms. The highest BCUT2D eigenvalue weighted by molar-refractivity contribution is 5.89. The molecule has 7 nitrogen and oxygen atoms in total. The largest absolute Gasteiger partial charge is 0.334 e. The molecule has 1 aliphatic rings. The lowest BCUT2D eigenvalue weighted by atomic mass is 10.2. The Morgan fingerprint density at radius 1 is 1.42 bits per heavy atom. The summed E-state index contributed by atoms with van der Waals surface area (Å²) in [6, 6.07) is 5.33. The molecular weight excluding hydrogens is 248 g/mol. The van der Waals surface area contributed by atoms with E-state index in [2.05, 4.69) is 10.6 Å². The van der Waals surface area contributed by atoms with E-state index in [4.69, 9.17) is 5.73 Å². The van der Waals surface area contributed by atoms with E-state index in [0.717, 1.165) is 12.8 Å². The van der Waals surface area contributed by atoms with Crippen LogP contribution in [0.3, 0.4) is 0 Å². The molecule has 1 aromatic rings. The number of anilines is 1. The predicted octanol–water partition coefficient (Wildman–Crippen LogP) is 1.45. The van der Waals surface area contributed by atoms with E-state index in [0.29, 0.717) is 18.2 Å². The van der Waals surface area contributed by atoms with E-state index in [-0.39, 0.29) is 17.8 Å². The third-order valence-corrected chi connectivity index (χ3v) is 3.10. The molecule has 0 radical (unpaired) electrons. The lowest BCUT2D eigenvalue weighted by Crippen LogP contribution is -2.43. The molecule has 1 aromatic carbocycles. The molecule has 1 unspecified atom stereocenters. The molecule has 102 valence electrons. The summed E-state index contributed by atoms with van der Waals surface area (Å²) in [5.41, 5.74) is 6.09. The topological polar surface area (TPSA) is 110 Å². The van der Waals surface area contributed by atoms with Gasteiger partial charge >= 0.3 is 6.03 Å². The zero-order valence-electron chi connectivity index (χ0n) is 10.3. The first-order chi connectivity index (χ1) is 9.10. The molecule has 1 fully saturated rings. The highest BCUT2D eigenvalue weighted by atomic mass is 16.6. The van der Waals surface area contributed by atoms with Crippen LogP contribution in [-0.2, 0) is 0 Å². The average Bonchev–Trinajstić information content (AvgIpc) is 3.21. The van der Waals surface area contributed by atoms with E-state index in [9.17, 15) is 14.9 Å². The normalized spacial score (nSPS) is 15.6. The Kier molecular flexibility index (Phi) is 3.96. The van der Waals surface area contributed by atoms with Crippen molar-refractivity contribution in [3.8, 4) is 0 Å². The first-order valence-electron chi connectivity index (χ1n) is 6.12. The summed E-state index contributed by atoms with van der Waals surface area (Å²) < 4.78 is 0. The predicted molar refractivity (Wildman–Crippen MR) is 70.8 cm³/mol. The van der Waals surface area contributed by atoms with Crippen LogP contribution < -0.4 is 16.4 Å². The standard InChI is InChI=1S/C12H16N4O3/c13-7-11(8-1-2-8)15-12(17)14-9-3-5-10(6-4-9)16(18)19/h3-6,8,11H,1-2,7,13H2,(H2,14,15,17). The summed E-state index contributed by atoms with van der Waals surface area (Å²) >= 11 is 0. The van der Waals surface area contributed by atoms with Crippen LogP contribution >= 0.6 is 0 Å². The molecule has 7 heteroatoms. The molecule has 1 aliphatic carbocycles. The SMILES string of the molecule is NCC(NC(=O)Nc1ccc([N+](=O)[O-])cc1)C1CC1. The van der Waals surface area contributed by atoms with Gasteiger partial charge in [-0.1, -0.05) is 0 Å². The fourth-order valence-corrected chi connectivity index (χ4v) is 1.87. The van der Waals surface area contributed by atoms with Crippen molar-refractivity contribution in [3.63, 3.8) is 0 Å². The Morgan fingerprint density at radius 2 is 2.05 bits per heavy atom. The average molecular weight is 264 g/mol. The Morgan fingerprint density at radius 3 is 2.53 bits per heavy atom. The van der Waals surface area contributed by atoms with Crippen molar-refractivity contribution in [2.75, 3.05) is 11.9 Å². The van der Waals surface area contributed by atoms with E-state index in [1.54, 1.807) is 0 Å². The lowest BCUT2D eigenvalue weighted by Gasteiger charge is -2.16. The van der Waals surface area contributed by atoms with Crippen LogP contribution in [0.1, 0.15) is 12.8 Å². The highest BCUT2D eigenvalue weighted by Crippen LogP contribution is 2.32. The first-order valence-corrected chi connectivity index (χ1v) is 6.12. The van der Waals surface area contributed by atoms with E-state index >= 15 is 0 Å². The summed E-state index contributed by atoms with van der Waals surface area (Å²) in [4.78, 5) is 21.7. The van der Waals surface area contributed by atoms with Gasteiger partial charge in [-0.15, -0.1) is 0 Å². The van der Waals surface area contributed by atoms with Gasteiger partial charge in [0.05, 0.1) is 4.92 Å². The van der Waals surface area contributed by atoms with Crippen molar-refractivity contribution in [2.24, 2.45) is 11.7 Å². The number of nitrogens with zero attached hydrogens (tertiary/aromatic N) is 1. The van der Waals surface area contributed by atoms with Crippen molar-refractivity contribution >= 4 is 17.4 Å². The van der Waals surface area contributed by atoms with Crippen LogP contribution in [0.15, 0.2) is 24.3 Å². The molecule has 0 spiro atoms. The van der Waals surface area contributed by atoms with Gasteiger partial charge in [-0.3, -0.25) is 10.1 Å². The Hall–Kier alpha value is -2.15. The number of hydrogen-bond acceptors (Lipinski definition) is 4. The van der Waals surface area contributed by atoms with Gasteiger partial charge in [0, 0.05) is 30.4 Å². The number of urea groups is 1. The van der Waals surface area contributed by atoms with E-state index < -0.39 is 4.92 Å². The van der Waals surface area contributed by atoms with Crippen LogP contribution in [0, 0.1) is 16.0 Å². The number of nitrogens with two attached hydrogens (primary N) is 1. The maximum Gasteiger partial charge on any atom is 0.319 e. The Balaban J connectivity index is 1.89. The lowest BCUT2D eigenvalue weighted by molar-refractivity contribution is -0.384. The molecule has 0 aromatic heterocycles. The van der Waals surface area contributed by atoms with Crippen molar-refractivity contribution in [3.05, 3.63) is 34.4 Å². The fraction of sp³-hybridized carbons (Fsp3) is 0.417. The molecule has 2 amide bonds. The zero-order valence-corrected chi connectivity index (χ0v) is 10.3. The van der Waals surface area contributed by atoms with Gasteiger partial charge in [0.25, 0.3) is 5.69 Å². The molecule has 0 aliphatic heterocycles. The maximum atomic E-state index is 11.7. The third-order valence-electron chi connectivity index (χ3n) is 3.10. The van der Waals surface area contributed by atoms with Crippen LogP contribution in [0.2, 0.25) is 0 Å². The number of nitrogens with one attached hydrogen (secondary N) is 2. The zero-order chi connectivity index (χ0) is 13.8. The van der Waals surface area contributed by atoms with Crippen LogP contribution in [0.5, 0.6) is 0 Å². The maximum absolute atomic E-state index is 11.7. The molecule has 4 N–H and O–H groups in total. The molecule has 0 heterocycles. The number of rotatable bonds is 5. The minimum Gasteiger partial charge on any atom is -0.334 e. The van der Waals surface area contributed by atoms with Crippen LogP contribution in [0.25, 0.3) is 0 Å². The summed E-state index contributed by atoms with van der Waals surface area (Å²) in [6.45, 7) is 0.415. The van der Waals surface area contributed by atoms with Crippen LogP contribution in [-0.4, -0.2) is 23.5 Å². The molecule has 2 rings (SSSR count). The number of non-ortho nitro benzene ring substituents is 1. The van der Waals surface area contributed by atoms with Gasteiger partial charge < -0.3 is 16.4 Å². The molecular formula is C12H16N4O3. The van der Waals surface area contributed by atoms with Gasteiger partial charge in [-0.2, -0.15) is 0 Å². The first kappa shape index (κ1) is 13.3. The monoisotopic (exact) mass is 264 g/mol. The summed E-state index contributed by atoms with van der Waals surface area (Å²) in [6.07, 6.45) is 2.19. The minimum absolute atomic E-state index is 0.00181. The number of nitro benzene ring substituents is 1. The molecule has 19 heavy (non-hydrogen) atoms. The number of carbonyl (C=O) groups excluding carboxylic acids is 1. The van der Waals surface area contributed by atoms with Gasteiger partial charge in [0.2, 0.25) is 0 Å². The van der Waals surface area contributed by atoms with E-state index in [1.165, 1.54) is 24.3 Å². The van der Waals surface area contributed by atoms with Crippen LogP contribution in [0.4, 0.5) is 16.2 Å². The van der Waals surface area contributed by atoms with Gasteiger partial charge in [-0.05, 0) is 30.9 Å². The molecule has 1 atom stereocenters.